The number of carbonyl (C=O) groups excluding carboxylic acids is 1. The molecule has 210 valence electrons. The number of aromatic amines is 1. The molecule has 2 aliphatic rings. The van der Waals surface area contributed by atoms with Gasteiger partial charge in [0.05, 0.1) is 44.0 Å². The number of methoxy groups -OCH3 is 1. The van der Waals surface area contributed by atoms with Crippen molar-refractivity contribution in [1.29, 1.82) is 0 Å². The van der Waals surface area contributed by atoms with Crippen LogP contribution in [0.25, 0.3) is 11.0 Å². The summed E-state index contributed by atoms with van der Waals surface area (Å²) in [5.74, 6) is 1.57. The zero-order valence-electron chi connectivity index (χ0n) is 23.0. The van der Waals surface area contributed by atoms with Crippen LogP contribution in [0.15, 0.2) is 24.4 Å². The summed E-state index contributed by atoms with van der Waals surface area (Å²) in [6.07, 6.45) is 4.60. The number of hydrogen-bond donors (Lipinski definition) is 4. The fourth-order valence-electron chi connectivity index (χ4n) is 5.43. The zero-order valence-corrected chi connectivity index (χ0v) is 23.0. The molecule has 3 aromatic rings. The SMILES string of the molecule is CC[C@@H](CO)Nc1nc(Nc2ccc(C(=O)N3CCC(N4CCOCC4)CC3)cc2OC)nc2[nH]cc(C)c12. The summed E-state index contributed by atoms with van der Waals surface area (Å²) >= 11 is 0. The molecule has 2 saturated heterocycles. The van der Waals surface area contributed by atoms with Crippen LogP contribution in [0.1, 0.15) is 42.1 Å². The van der Waals surface area contributed by atoms with Crippen molar-refractivity contribution in [3.63, 3.8) is 0 Å². The third-order valence-corrected chi connectivity index (χ3v) is 7.79. The second-order valence-electron chi connectivity index (χ2n) is 10.2. The number of piperidine rings is 1. The molecule has 11 heteroatoms. The first-order valence-corrected chi connectivity index (χ1v) is 13.8. The van der Waals surface area contributed by atoms with E-state index in [9.17, 15) is 9.90 Å². The number of amides is 1. The molecule has 5 rings (SSSR count). The highest BCUT2D eigenvalue weighted by molar-refractivity contribution is 5.96. The molecular formula is C28H39N7O4. The molecule has 4 heterocycles. The van der Waals surface area contributed by atoms with Crippen LogP contribution in [0, 0.1) is 6.92 Å². The van der Waals surface area contributed by atoms with Crippen molar-refractivity contribution < 1.29 is 19.4 Å². The Morgan fingerprint density at radius 3 is 2.69 bits per heavy atom. The van der Waals surface area contributed by atoms with E-state index in [2.05, 4.69) is 25.5 Å². The fourth-order valence-corrected chi connectivity index (χ4v) is 5.43. The summed E-state index contributed by atoms with van der Waals surface area (Å²) in [6.45, 7) is 9.03. The molecule has 11 nitrogen and oxygen atoms in total. The molecule has 2 aliphatic heterocycles. The summed E-state index contributed by atoms with van der Waals surface area (Å²) < 4.78 is 11.1. The van der Waals surface area contributed by atoms with E-state index in [1.54, 1.807) is 13.2 Å². The number of aromatic nitrogens is 3. The van der Waals surface area contributed by atoms with Crippen LogP contribution in [0.2, 0.25) is 0 Å². The van der Waals surface area contributed by atoms with Gasteiger partial charge in [-0.1, -0.05) is 6.92 Å². The molecule has 0 unspecified atom stereocenters. The largest absolute Gasteiger partial charge is 0.495 e. The number of H-pyrrole nitrogens is 1. The number of anilines is 3. The number of fused-ring (bicyclic) bond motifs is 1. The highest BCUT2D eigenvalue weighted by Gasteiger charge is 2.28. The average Bonchev–Trinajstić information content (AvgIpc) is 3.36. The van der Waals surface area contributed by atoms with Gasteiger partial charge in [-0.05, 0) is 49.9 Å². The van der Waals surface area contributed by atoms with E-state index in [-0.39, 0.29) is 18.6 Å². The van der Waals surface area contributed by atoms with Crippen molar-refractivity contribution in [3.8, 4) is 5.75 Å². The molecule has 2 aromatic heterocycles. The predicted octanol–water partition coefficient (Wildman–Crippen LogP) is 3.14. The molecule has 0 radical (unpaired) electrons. The van der Waals surface area contributed by atoms with Crippen LogP contribution in [0.3, 0.4) is 0 Å². The first-order valence-electron chi connectivity index (χ1n) is 13.8. The number of aryl methyl sites for hydroxylation is 1. The van der Waals surface area contributed by atoms with Gasteiger partial charge in [0.15, 0.2) is 0 Å². The number of nitrogens with one attached hydrogen (secondary N) is 3. The number of aliphatic hydroxyl groups is 1. The Morgan fingerprint density at radius 1 is 1.23 bits per heavy atom. The molecule has 1 aromatic carbocycles. The maximum absolute atomic E-state index is 13.3. The maximum atomic E-state index is 13.3. The highest BCUT2D eigenvalue weighted by Crippen LogP contribution is 2.31. The minimum Gasteiger partial charge on any atom is -0.495 e. The molecule has 2 fully saturated rings. The third kappa shape index (κ3) is 5.95. The van der Waals surface area contributed by atoms with E-state index < -0.39 is 0 Å². The second-order valence-corrected chi connectivity index (χ2v) is 10.2. The van der Waals surface area contributed by atoms with Crippen molar-refractivity contribution >= 4 is 34.4 Å². The van der Waals surface area contributed by atoms with Crippen molar-refractivity contribution in [2.45, 2.75) is 45.2 Å². The number of morpholine rings is 1. The standard InChI is InChI=1S/C28H39N7O4/c1-4-20(17-36)30-26-24-18(2)16-29-25(24)32-28(33-26)31-22-6-5-19(15-23(22)38-3)27(37)35-9-7-21(8-10-35)34-11-13-39-14-12-34/h5-6,15-16,20-21,36H,4,7-14,17H2,1-3H3,(H3,29,30,31,32,33)/t20-/m0/s1. The van der Waals surface area contributed by atoms with E-state index in [1.165, 1.54) is 0 Å². The number of hydrogen-bond acceptors (Lipinski definition) is 9. The van der Waals surface area contributed by atoms with E-state index in [0.29, 0.717) is 40.5 Å². The topological polar surface area (TPSA) is 128 Å². The Balaban J connectivity index is 1.30. The van der Waals surface area contributed by atoms with Crippen molar-refractivity contribution in [3.05, 3.63) is 35.5 Å². The molecule has 1 atom stereocenters. The molecule has 0 aliphatic carbocycles. The second kappa shape index (κ2) is 12.2. The number of likely N-dealkylation sites (tertiary alicyclic amines) is 1. The average molecular weight is 538 g/mol. The van der Waals surface area contributed by atoms with Crippen LogP contribution in [-0.2, 0) is 4.74 Å². The third-order valence-electron chi connectivity index (χ3n) is 7.79. The first-order chi connectivity index (χ1) is 19.0. The van der Waals surface area contributed by atoms with Gasteiger partial charge in [-0.2, -0.15) is 9.97 Å². The molecular weight excluding hydrogens is 498 g/mol. The summed E-state index contributed by atoms with van der Waals surface area (Å²) in [4.78, 5) is 30.3. The Morgan fingerprint density at radius 2 is 2.00 bits per heavy atom. The summed E-state index contributed by atoms with van der Waals surface area (Å²) in [5, 5.41) is 17.2. The minimum absolute atomic E-state index is 0.00241. The van der Waals surface area contributed by atoms with Crippen LogP contribution >= 0.6 is 0 Å². The Kier molecular flexibility index (Phi) is 8.49. The Labute approximate surface area is 228 Å². The van der Waals surface area contributed by atoms with Gasteiger partial charge in [0.25, 0.3) is 5.91 Å². The number of carbonyl (C=O) groups is 1. The maximum Gasteiger partial charge on any atom is 0.253 e. The molecule has 0 saturated carbocycles. The van der Waals surface area contributed by atoms with Crippen LogP contribution in [0.5, 0.6) is 5.75 Å². The molecule has 1 amide bonds. The van der Waals surface area contributed by atoms with Gasteiger partial charge in [-0.15, -0.1) is 0 Å². The lowest BCUT2D eigenvalue weighted by Gasteiger charge is -2.40. The minimum atomic E-state index is -0.121. The van der Waals surface area contributed by atoms with Gasteiger partial charge in [-0.25, -0.2) is 0 Å². The van der Waals surface area contributed by atoms with E-state index in [1.807, 2.05) is 37.1 Å². The van der Waals surface area contributed by atoms with Gasteiger partial charge < -0.3 is 35.1 Å². The van der Waals surface area contributed by atoms with Gasteiger partial charge in [-0.3, -0.25) is 9.69 Å². The number of nitrogens with zero attached hydrogens (tertiary/aromatic N) is 4. The smallest absolute Gasteiger partial charge is 0.253 e. The van der Waals surface area contributed by atoms with Gasteiger partial charge in [0.1, 0.15) is 17.2 Å². The predicted molar refractivity (Wildman–Crippen MR) is 151 cm³/mol. The summed E-state index contributed by atoms with van der Waals surface area (Å²) in [7, 11) is 1.58. The summed E-state index contributed by atoms with van der Waals surface area (Å²) in [6, 6.07) is 5.81. The first kappa shape index (κ1) is 27.2. The van der Waals surface area contributed by atoms with E-state index in [0.717, 1.165) is 69.6 Å². The van der Waals surface area contributed by atoms with Gasteiger partial charge >= 0.3 is 0 Å². The van der Waals surface area contributed by atoms with Crippen molar-refractivity contribution in [1.82, 2.24) is 24.8 Å². The lowest BCUT2D eigenvalue weighted by Crippen LogP contribution is -2.50. The van der Waals surface area contributed by atoms with Crippen molar-refractivity contribution in [2.75, 3.05) is 63.7 Å². The van der Waals surface area contributed by atoms with Crippen LogP contribution in [0.4, 0.5) is 17.5 Å². The number of ether oxygens (including phenoxy) is 2. The monoisotopic (exact) mass is 537 g/mol. The number of aliphatic hydroxyl groups excluding tert-OH is 1. The van der Waals surface area contributed by atoms with Crippen LogP contribution < -0.4 is 15.4 Å². The highest BCUT2D eigenvalue weighted by atomic mass is 16.5. The molecule has 39 heavy (non-hydrogen) atoms. The summed E-state index contributed by atoms with van der Waals surface area (Å²) in [5.41, 5.74) is 2.95. The normalized spacial score (nSPS) is 17.8. The van der Waals surface area contributed by atoms with Gasteiger partial charge in [0.2, 0.25) is 5.95 Å². The molecule has 0 spiro atoms. The fraction of sp³-hybridized carbons (Fsp3) is 0.536. The zero-order chi connectivity index (χ0) is 27.4. The lowest BCUT2D eigenvalue weighted by atomic mass is 10.0. The van der Waals surface area contributed by atoms with E-state index in [4.69, 9.17) is 14.5 Å². The lowest BCUT2D eigenvalue weighted by molar-refractivity contribution is 0.00159. The molecule has 0 bridgehead atoms. The number of benzene rings is 1. The van der Waals surface area contributed by atoms with Crippen LogP contribution in [-0.4, -0.2) is 101 Å². The Hall–Kier alpha value is -3.41. The van der Waals surface area contributed by atoms with E-state index >= 15 is 0 Å². The number of rotatable bonds is 9. The molecule has 4 N–H and O–H groups in total. The van der Waals surface area contributed by atoms with Crippen molar-refractivity contribution in [2.24, 2.45) is 0 Å². The quantitative estimate of drug-likeness (QED) is 0.325. The Bertz CT molecular complexity index is 1280. The van der Waals surface area contributed by atoms with Gasteiger partial charge in [0, 0.05) is 44.0 Å².